The number of carboxylic acids is 2. The smallest absolute Gasteiger partial charge is 0.315 e. The molecule has 0 saturated carbocycles. The molecular weight excluding hydrogens is 1710 g/mol. The van der Waals surface area contributed by atoms with E-state index < -0.39 is 120 Å². The maximum absolute atomic E-state index is 13.1. The van der Waals surface area contributed by atoms with Crippen molar-refractivity contribution in [2.75, 3.05) is 13.2 Å². The number of ether oxygens (including phenoxy) is 2. The molecule has 0 aromatic carbocycles. The predicted molar refractivity (Wildman–Crippen MR) is 436 cm³/mol. The molecule has 0 aliphatic heterocycles. The van der Waals surface area contributed by atoms with Crippen LogP contribution in [0.4, 0.5) is 0 Å². The number of hydrogen-bond acceptors (Lipinski definition) is 13. The van der Waals surface area contributed by atoms with E-state index in [1.54, 1.807) is 0 Å². The zero-order valence-corrected chi connectivity index (χ0v) is 74.3. The van der Waals surface area contributed by atoms with Crippen molar-refractivity contribution in [2.45, 2.75) is 397 Å². The van der Waals surface area contributed by atoms with Crippen LogP contribution in [0, 0.1) is 11.8 Å². The topological polar surface area (TPSA) is 192 Å². The molecule has 0 aliphatic carbocycles. The van der Waals surface area contributed by atoms with Crippen molar-refractivity contribution in [3.05, 3.63) is 0 Å². The second-order valence-corrected chi connectivity index (χ2v) is 72.1. The number of carbonyl (C=O) groups is 4. The molecule has 95 heavy (non-hydrogen) atoms. The maximum Gasteiger partial charge on any atom is 0.315 e. The van der Waals surface area contributed by atoms with E-state index in [9.17, 15) is 29.4 Å². The molecule has 0 fully saturated rings. The Balaban J connectivity index is -0.000000509. The Kier molecular flexibility index (Phi) is 80.1. The summed E-state index contributed by atoms with van der Waals surface area (Å²) in [6.45, 7) is 49.3. The van der Waals surface area contributed by atoms with Gasteiger partial charge in [0.15, 0.2) is 49.9 Å². The Morgan fingerprint density at radius 1 is 0.305 bits per heavy atom. The average molecular weight is 1880 g/mol. The molecule has 0 bridgehead atoms. The Morgan fingerprint density at radius 2 is 0.579 bits per heavy atom. The maximum atomic E-state index is 13.1. The fourth-order valence-corrected chi connectivity index (χ4v) is 56.6. The molecule has 584 valence electrons. The third-order valence-corrected chi connectivity index (χ3v) is 48.5. The molecule has 0 aliphatic rings. The van der Waals surface area contributed by atoms with Gasteiger partial charge in [-0.2, -0.15) is 0 Å². The van der Waals surface area contributed by atoms with Crippen LogP contribution in [0.5, 0.6) is 0 Å². The van der Waals surface area contributed by atoms with Crippen molar-refractivity contribution in [3.8, 4) is 0 Å². The molecule has 0 rings (SSSR count). The molecule has 0 aromatic heterocycles. The number of aliphatic carboxylic acids is 2. The minimum Gasteiger partial charge on any atom is -0.481 e. The van der Waals surface area contributed by atoms with Gasteiger partial charge < -0.3 is 48.5 Å². The standard InChI is InChI=1S/C58H130O15Si10.10CH4.2W/c1-74(2,3)67-80(17,18)72-82(21,69-76(7,8)9)49-39-35-31-27-23-25-29-33-37-45-65-56(61)52-53(57(62)63)43-41-47-78(13,14)71-79(15,16)48-42-44-54(51-55(59)60)58(64)66-46-38-34-30-26-24-28-32-36-40-50-83(22,70-77(10,11)12)73-81(19,20)68-75(4,5)6;;;;;;;;;;;;/h53-54H,23-52H2,1-22H3,(H,59,60)(H,62,63);10*1H4;;. The zero-order valence-electron chi connectivity index (χ0n) is 58.4. The fraction of sp³-hybridized carbons (Fsp3) is 0.941. The van der Waals surface area contributed by atoms with Crippen LogP contribution in [0.2, 0.25) is 168 Å². The van der Waals surface area contributed by atoms with Gasteiger partial charge in [0.1, 0.15) is 0 Å². The molecule has 0 radical (unpaired) electrons. The van der Waals surface area contributed by atoms with Crippen LogP contribution in [-0.2, 0) is 99.6 Å². The van der Waals surface area contributed by atoms with E-state index in [1.807, 2.05) is 0 Å². The molecule has 15 nitrogen and oxygen atoms in total. The number of carboxylic acid groups (broad SMARTS) is 2. The third kappa shape index (κ3) is 74.7. The summed E-state index contributed by atoms with van der Waals surface area (Å²) in [4.78, 5) is 49.8. The van der Waals surface area contributed by atoms with E-state index in [0.29, 0.717) is 38.9 Å². The number of unbranched alkanes of at least 4 members (excludes halogenated alkanes) is 16. The number of rotatable bonds is 52. The third-order valence-electron chi connectivity index (χ3n) is 13.9. The summed E-state index contributed by atoms with van der Waals surface area (Å²) in [6.07, 6.45) is 21.4. The van der Waals surface area contributed by atoms with Gasteiger partial charge in [0.05, 0.1) is 37.9 Å². The SMILES string of the molecule is C.C.C.C.C.C.C.C.C.C.C[Si](C)(C)O[Si](C)(C)O[Si](C)(CCCCCCCCCCCOC(=O)CC(CCC[Si](C)(C)O[Si](C)(C)CCCC(CC(=O)O)C(=O)OCCCCCCCCCCC[Si](C)(O[Si](C)(C)C)O[Si](C)(C)O[Si](C)(C)C)C(=O)O)O[Si](C)(C)C.[W].[W]. The van der Waals surface area contributed by atoms with Gasteiger partial charge in [-0.05, 0) is 194 Å². The van der Waals surface area contributed by atoms with Crippen LogP contribution in [0.15, 0.2) is 0 Å². The van der Waals surface area contributed by atoms with Crippen molar-refractivity contribution in [1.82, 2.24) is 0 Å². The molecule has 0 saturated heterocycles. The van der Waals surface area contributed by atoms with Crippen molar-refractivity contribution in [1.29, 1.82) is 0 Å². The molecule has 0 aromatic rings. The van der Waals surface area contributed by atoms with E-state index >= 15 is 0 Å². The minimum absolute atomic E-state index is 0. The summed E-state index contributed by atoms with van der Waals surface area (Å²) < 4.78 is 58.2. The summed E-state index contributed by atoms with van der Waals surface area (Å²) in [5.41, 5.74) is 0. The van der Waals surface area contributed by atoms with Gasteiger partial charge in [-0.1, -0.05) is 190 Å². The first-order valence-corrected chi connectivity index (χ1v) is 63.0. The summed E-state index contributed by atoms with van der Waals surface area (Å²) in [5.74, 6) is -4.36. The van der Waals surface area contributed by atoms with Crippen molar-refractivity contribution < 1.29 is 110 Å². The first-order chi connectivity index (χ1) is 37.8. The van der Waals surface area contributed by atoms with Crippen LogP contribution in [0.3, 0.4) is 0 Å². The molecule has 27 heteroatoms. The van der Waals surface area contributed by atoms with Crippen LogP contribution in [-0.4, -0.2) is 131 Å². The van der Waals surface area contributed by atoms with E-state index in [0.717, 1.165) is 88.4 Å². The van der Waals surface area contributed by atoms with Gasteiger partial charge >= 0.3 is 58.1 Å². The minimum atomic E-state index is -2.36. The Bertz CT molecular complexity index is 1860. The van der Waals surface area contributed by atoms with Crippen LogP contribution in [0.1, 0.15) is 228 Å². The van der Waals surface area contributed by atoms with E-state index in [-0.39, 0.29) is 129 Å². The van der Waals surface area contributed by atoms with Gasteiger partial charge in [0.2, 0.25) is 0 Å². The van der Waals surface area contributed by atoms with Crippen molar-refractivity contribution in [3.63, 3.8) is 0 Å². The fourth-order valence-electron chi connectivity index (χ4n) is 11.6. The van der Waals surface area contributed by atoms with Crippen LogP contribution < -0.4 is 0 Å². The van der Waals surface area contributed by atoms with Crippen LogP contribution >= 0.6 is 0 Å². The van der Waals surface area contributed by atoms with Gasteiger partial charge in [-0.3, -0.25) is 19.2 Å². The number of hydrogen-bond donors (Lipinski definition) is 2. The zero-order chi connectivity index (χ0) is 64.0. The van der Waals surface area contributed by atoms with Crippen LogP contribution in [0.25, 0.3) is 0 Å². The molecule has 0 spiro atoms. The summed E-state index contributed by atoms with van der Waals surface area (Å²) in [6, 6.07) is 3.54. The van der Waals surface area contributed by atoms with Gasteiger partial charge in [0, 0.05) is 42.1 Å². The largest absolute Gasteiger partial charge is 0.481 e. The summed E-state index contributed by atoms with van der Waals surface area (Å²) >= 11 is 0. The van der Waals surface area contributed by atoms with Gasteiger partial charge in [0.25, 0.3) is 0 Å². The summed E-state index contributed by atoms with van der Waals surface area (Å²) in [5, 5.41) is 19.6. The number of esters is 2. The monoisotopic (exact) mass is 1870 g/mol. The first kappa shape index (κ1) is 126. The van der Waals surface area contributed by atoms with E-state index in [2.05, 4.69) is 144 Å². The predicted octanol–water partition coefficient (Wildman–Crippen LogP) is 24.6. The van der Waals surface area contributed by atoms with Crippen molar-refractivity contribution in [2.24, 2.45) is 11.8 Å². The quantitative estimate of drug-likeness (QED) is 0.0332. The number of carbonyl (C=O) groups excluding carboxylic acids is 2. The van der Waals surface area contributed by atoms with Crippen molar-refractivity contribution >= 4 is 108 Å². The molecule has 4 atom stereocenters. The molecule has 0 amide bonds. The Labute approximate surface area is 634 Å². The van der Waals surface area contributed by atoms with E-state index in [1.165, 1.54) is 51.4 Å². The summed E-state index contributed by atoms with van der Waals surface area (Å²) in [7, 11) is -20.7. The molecule has 0 heterocycles. The molecule has 2 N–H and O–H groups in total. The second-order valence-electron chi connectivity index (χ2n) is 30.3. The van der Waals surface area contributed by atoms with Gasteiger partial charge in [-0.25, -0.2) is 0 Å². The molecule has 4 unspecified atom stereocenters. The first-order valence-electron chi connectivity index (χ1n) is 32.4. The second kappa shape index (κ2) is 60.4. The Morgan fingerprint density at radius 3 is 0.863 bits per heavy atom. The Hall–Kier alpha value is 1.15. The average Bonchev–Trinajstić information content (AvgIpc) is 0.905. The van der Waals surface area contributed by atoms with E-state index in [4.69, 9.17) is 38.3 Å². The van der Waals surface area contributed by atoms with Gasteiger partial charge in [-0.15, -0.1) is 0 Å². The molecular formula is C68H170O15Si10W2. The normalized spacial score (nSPS) is 13.6.